The maximum Gasteiger partial charge on any atom is 0.224 e. The number of hydrogen-bond acceptors (Lipinski definition) is 4. The number of rotatable bonds is 8. The van der Waals surface area contributed by atoms with Crippen molar-refractivity contribution in [3.8, 4) is 5.75 Å². The lowest BCUT2D eigenvalue weighted by atomic mass is 10.1. The minimum absolute atomic E-state index is 0.0665. The van der Waals surface area contributed by atoms with Gasteiger partial charge in [0, 0.05) is 19.0 Å². The number of amides is 1. The highest BCUT2D eigenvalue weighted by Crippen LogP contribution is 2.18. The Morgan fingerprint density at radius 1 is 1.19 bits per heavy atom. The van der Waals surface area contributed by atoms with Gasteiger partial charge in [-0.25, -0.2) is 0 Å². The molecule has 0 aliphatic carbocycles. The average molecular weight is 294 g/mol. The molecule has 0 bridgehead atoms. The summed E-state index contributed by atoms with van der Waals surface area (Å²) in [4.78, 5) is 11.8. The van der Waals surface area contributed by atoms with Crippen molar-refractivity contribution in [2.75, 3.05) is 20.1 Å². The number of aliphatic hydroxyl groups excluding tert-OH is 1. The van der Waals surface area contributed by atoms with Crippen molar-refractivity contribution in [2.24, 2.45) is 5.92 Å². The second-order valence-electron chi connectivity index (χ2n) is 5.46. The van der Waals surface area contributed by atoms with E-state index in [1.54, 1.807) is 7.05 Å². The molecule has 1 aromatic rings. The predicted octanol–water partition coefficient (Wildman–Crippen LogP) is 1.48. The van der Waals surface area contributed by atoms with Gasteiger partial charge in [-0.2, -0.15) is 0 Å². The van der Waals surface area contributed by atoms with E-state index in [0.717, 1.165) is 11.3 Å². The van der Waals surface area contributed by atoms with E-state index >= 15 is 0 Å². The van der Waals surface area contributed by atoms with Crippen molar-refractivity contribution in [3.05, 3.63) is 29.8 Å². The summed E-state index contributed by atoms with van der Waals surface area (Å²) in [6.45, 7) is 6.59. The van der Waals surface area contributed by atoms with Gasteiger partial charge in [0.05, 0.1) is 12.2 Å². The van der Waals surface area contributed by atoms with Crippen LogP contribution >= 0.6 is 0 Å². The fourth-order valence-corrected chi connectivity index (χ4v) is 1.93. The van der Waals surface area contributed by atoms with Crippen molar-refractivity contribution in [1.29, 1.82) is 0 Å². The molecule has 118 valence electrons. The highest BCUT2D eigenvalue weighted by molar-refractivity contribution is 5.78. The molecule has 1 rings (SSSR count). The Kier molecular flexibility index (Phi) is 7.19. The second kappa shape index (κ2) is 8.64. The molecule has 0 heterocycles. The quantitative estimate of drug-likeness (QED) is 0.679. The summed E-state index contributed by atoms with van der Waals surface area (Å²) >= 11 is 0. The molecule has 5 heteroatoms. The standard InChI is InChI=1S/C16H26N2O3/c1-11(2)21-14-7-5-13(6-8-14)15(19)10-18-16(20)12(3)9-17-4/h5-8,11-12,15,17,19H,9-10H2,1-4H3,(H,18,20). The summed E-state index contributed by atoms with van der Waals surface area (Å²) in [5, 5.41) is 15.8. The number of hydrogen-bond donors (Lipinski definition) is 3. The monoisotopic (exact) mass is 294 g/mol. The van der Waals surface area contributed by atoms with Crippen molar-refractivity contribution in [3.63, 3.8) is 0 Å². The SMILES string of the molecule is CNCC(C)C(=O)NCC(O)c1ccc(OC(C)C)cc1. The smallest absolute Gasteiger partial charge is 0.224 e. The van der Waals surface area contributed by atoms with E-state index in [4.69, 9.17) is 4.74 Å². The number of benzene rings is 1. The van der Waals surface area contributed by atoms with Crippen LogP contribution in [0.4, 0.5) is 0 Å². The summed E-state index contributed by atoms with van der Waals surface area (Å²) in [6, 6.07) is 7.27. The summed E-state index contributed by atoms with van der Waals surface area (Å²) < 4.78 is 5.55. The molecule has 1 amide bonds. The van der Waals surface area contributed by atoms with Gasteiger partial charge in [-0.1, -0.05) is 19.1 Å². The summed E-state index contributed by atoms with van der Waals surface area (Å²) in [7, 11) is 1.80. The van der Waals surface area contributed by atoms with Gasteiger partial charge in [0.2, 0.25) is 5.91 Å². The van der Waals surface area contributed by atoms with Crippen LogP contribution in [0.5, 0.6) is 5.75 Å². The molecule has 2 atom stereocenters. The van der Waals surface area contributed by atoms with Gasteiger partial charge >= 0.3 is 0 Å². The largest absolute Gasteiger partial charge is 0.491 e. The highest BCUT2D eigenvalue weighted by Gasteiger charge is 2.14. The lowest BCUT2D eigenvalue weighted by Crippen LogP contribution is -2.36. The van der Waals surface area contributed by atoms with Crippen molar-refractivity contribution >= 4 is 5.91 Å². The molecule has 21 heavy (non-hydrogen) atoms. The van der Waals surface area contributed by atoms with E-state index in [9.17, 15) is 9.90 Å². The van der Waals surface area contributed by atoms with E-state index in [-0.39, 0.29) is 24.5 Å². The highest BCUT2D eigenvalue weighted by atomic mass is 16.5. The Bertz CT molecular complexity index is 432. The topological polar surface area (TPSA) is 70.6 Å². The maximum atomic E-state index is 11.8. The third-order valence-corrected chi connectivity index (χ3v) is 3.06. The van der Waals surface area contributed by atoms with Crippen molar-refractivity contribution in [1.82, 2.24) is 10.6 Å². The molecular formula is C16H26N2O3. The van der Waals surface area contributed by atoms with Crippen LogP contribution < -0.4 is 15.4 Å². The van der Waals surface area contributed by atoms with E-state index in [0.29, 0.717) is 6.54 Å². The molecule has 0 aliphatic heterocycles. The van der Waals surface area contributed by atoms with E-state index in [1.165, 1.54) is 0 Å². The molecule has 0 fully saturated rings. The van der Waals surface area contributed by atoms with E-state index in [2.05, 4.69) is 10.6 Å². The Morgan fingerprint density at radius 3 is 2.33 bits per heavy atom. The summed E-state index contributed by atoms with van der Waals surface area (Å²) in [5.74, 6) is 0.583. The van der Waals surface area contributed by atoms with Gasteiger partial charge < -0.3 is 20.5 Å². The van der Waals surface area contributed by atoms with Crippen LogP contribution in [0.15, 0.2) is 24.3 Å². The van der Waals surface area contributed by atoms with Gasteiger partial charge in [0.25, 0.3) is 0 Å². The van der Waals surface area contributed by atoms with Gasteiger partial charge in [0.1, 0.15) is 5.75 Å². The van der Waals surface area contributed by atoms with Crippen LogP contribution in [0.25, 0.3) is 0 Å². The molecule has 0 saturated carbocycles. The van der Waals surface area contributed by atoms with Gasteiger partial charge in [-0.3, -0.25) is 4.79 Å². The summed E-state index contributed by atoms with van der Waals surface area (Å²) in [6.07, 6.45) is -0.599. The Morgan fingerprint density at radius 2 is 1.81 bits per heavy atom. The molecule has 3 N–H and O–H groups in total. The molecule has 0 spiro atoms. The van der Waals surface area contributed by atoms with Gasteiger partial charge in [0.15, 0.2) is 0 Å². The molecule has 2 unspecified atom stereocenters. The van der Waals surface area contributed by atoms with Crippen LogP contribution in [-0.2, 0) is 4.79 Å². The van der Waals surface area contributed by atoms with E-state index < -0.39 is 6.10 Å². The third kappa shape index (κ3) is 6.14. The van der Waals surface area contributed by atoms with Gasteiger partial charge in [-0.05, 0) is 38.6 Å². The zero-order valence-corrected chi connectivity index (χ0v) is 13.2. The first-order valence-corrected chi connectivity index (χ1v) is 7.31. The lowest BCUT2D eigenvalue weighted by Gasteiger charge is -2.16. The third-order valence-electron chi connectivity index (χ3n) is 3.06. The fourth-order valence-electron chi connectivity index (χ4n) is 1.93. The normalized spacial score (nSPS) is 13.8. The van der Waals surface area contributed by atoms with Crippen LogP contribution in [0, 0.1) is 5.92 Å². The molecule has 0 aromatic heterocycles. The van der Waals surface area contributed by atoms with Crippen molar-refractivity contribution < 1.29 is 14.6 Å². The second-order valence-corrected chi connectivity index (χ2v) is 5.46. The Labute approximate surface area is 126 Å². The lowest BCUT2D eigenvalue weighted by molar-refractivity contribution is -0.124. The zero-order valence-electron chi connectivity index (χ0n) is 13.2. The summed E-state index contributed by atoms with van der Waals surface area (Å²) in [5.41, 5.74) is 0.757. The maximum absolute atomic E-state index is 11.8. The zero-order chi connectivity index (χ0) is 15.8. The molecule has 0 aliphatic rings. The number of aliphatic hydroxyl groups is 1. The Balaban J connectivity index is 2.48. The van der Waals surface area contributed by atoms with Crippen LogP contribution in [0.2, 0.25) is 0 Å². The number of carbonyl (C=O) groups is 1. The first-order chi connectivity index (χ1) is 9.93. The number of ether oxygens (including phenoxy) is 1. The molecular weight excluding hydrogens is 268 g/mol. The first-order valence-electron chi connectivity index (χ1n) is 7.31. The minimum atomic E-state index is -0.719. The van der Waals surface area contributed by atoms with Crippen LogP contribution in [0.1, 0.15) is 32.4 Å². The number of nitrogens with one attached hydrogen (secondary N) is 2. The van der Waals surface area contributed by atoms with Crippen LogP contribution in [-0.4, -0.2) is 37.3 Å². The molecule has 5 nitrogen and oxygen atoms in total. The first kappa shape index (κ1) is 17.5. The van der Waals surface area contributed by atoms with Gasteiger partial charge in [-0.15, -0.1) is 0 Å². The molecule has 1 aromatic carbocycles. The predicted molar refractivity (Wildman–Crippen MR) is 83.3 cm³/mol. The minimum Gasteiger partial charge on any atom is -0.491 e. The number of carbonyl (C=O) groups excluding carboxylic acids is 1. The van der Waals surface area contributed by atoms with Crippen LogP contribution in [0.3, 0.4) is 0 Å². The fraction of sp³-hybridized carbons (Fsp3) is 0.562. The van der Waals surface area contributed by atoms with E-state index in [1.807, 2.05) is 45.0 Å². The Hall–Kier alpha value is -1.59. The van der Waals surface area contributed by atoms with Crippen molar-refractivity contribution in [2.45, 2.75) is 33.0 Å². The average Bonchev–Trinajstić information content (AvgIpc) is 2.44. The molecule has 0 saturated heterocycles. The molecule has 0 radical (unpaired) electrons.